The molecule has 0 spiro atoms. The zero-order valence-electron chi connectivity index (χ0n) is 9.14. The SMILES string of the molecule is CCCCCC#Cc1ccccc1C. The van der Waals surface area contributed by atoms with Gasteiger partial charge in [0.25, 0.3) is 0 Å². The summed E-state index contributed by atoms with van der Waals surface area (Å²) in [4.78, 5) is 0. The largest absolute Gasteiger partial charge is 0.0979 e. The van der Waals surface area contributed by atoms with Crippen LogP contribution in [-0.2, 0) is 0 Å². The quantitative estimate of drug-likeness (QED) is 0.495. The molecule has 0 radical (unpaired) electrons. The molecule has 0 saturated carbocycles. The fourth-order valence-electron chi connectivity index (χ4n) is 1.33. The van der Waals surface area contributed by atoms with Crippen molar-refractivity contribution in [3.63, 3.8) is 0 Å². The summed E-state index contributed by atoms with van der Waals surface area (Å²) in [5.74, 6) is 6.45. The van der Waals surface area contributed by atoms with Crippen molar-refractivity contribution >= 4 is 0 Å². The monoisotopic (exact) mass is 186 g/mol. The lowest BCUT2D eigenvalue weighted by molar-refractivity contribution is 0.737. The second-order valence-corrected chi connectivity index (χ2v) is 3.57. The van der Waals surface area contributed by atoms with Crippen molar-refractivity contribution in [2.24, 2.45) is 0 Å². The average Bonchev–Trinajstić information content (AvgIpc) is 2.20. The van der Waals surface area contributed by atoms with Crippen LogP contribution in [0, 0.1) is 18.8 Å². The summed E-state index contributed by atoms with van der Waals surface area (Å²) in [5.41, 5.74) is 2.44. The minimum absolute atomic E-state index is 1.03. The highest BCUT2D eigenvalue weighted by atomic mass is 13.9. The van der Waals surface area contributed by atoms with Crippen molar-refractivity contribution in [3.05, 3.63) is 35.4 Å². The van der Waals surface area contributed by atoms with Gasteiger partial charge in [-0.3, -0.25) is 0 Å². The van der Waals surface area contributed by atoms with E-state index in [1.807, 2.05) is 6.07 Å². The third kappa shape index (κ3) is 3.66. The lowest BCUT2D eigenvalue weighted by Crippen LogP contribution is -1.79. The molecule has 0 fully saturated rings. The fourth-order valence-corrected chi connectivity index (χ4v) is 1.33. The van der Waals surface area contributed by atoms with Gasteiger partial charge in [0.2, 0.25) is 0 Å². The van der Waals surface area contributed by atoms with Gasteiger partial charge in [0.15, 0.2) is 0 Å². The molecule has 0 unspecified atom stereocenters. The zero-order chi connectivity index (χ0) is 10.2. The molecule has 0 atom stereocenters. The Labute approximate surface area is 87.4 Å². The van der Waals surface area contributed by atoms with Gasteiger partial charge in [0.1, 0.15) is 0 Å². The Hall–Kier alpha value is -1.22. The minimum atomic E-state index is 1.03. The Bertz CT molecular complexity index is 325. The molecule has 1 rings (SSSR count). The predicted molar refractivity (Wildman–Crippen MR) is 62.2 cm³/mol. The molecule has 0 N–H and O–H groups in total. The molecular formula is C14H18. The highest BCUT2D eigenvalue weighted by molar-refractivity contribution is 5.40. The molecule has 0 bridgehead atoms. The Morgan fingerprint density at radius 1 is 1.14 bits per heavy atom. The Morgan fingerprint density at radius 2 is 1.93 bits per heavy atom. The Morgan fingerprint density at radius 3 is 2.64 bits per heavy atom. The minimum Gasteiger partial charge on any atom is -0.0979 e. The second-order valence-electron chi connectivity index (χ2n) is 3.57. The average molecular weight is 186 g/mol. The maximum atomic E-state index is 3.23. The van der Waals surface area contributed by atoms with Crippen LogP contribution in [0.25, 0.3) is 0 Å². The third-order valence-corrected chi connectivity index (χ3v) is 2.27. The summed E-state index contributed by atoms with van der Waals surface area (Å²) in [7, 11) is 0. The topological polar surface area (TPSA) is 0 Å². The van der Waals surface area contributed by atoms with Crippen LogP contribution < -0.4 is 0 Å². The molecular weight excluding hydrogens is 168 g/mol. The molecule has 14 heavy (non-hydrogen) atoms. The Kier molecular flexibility index (Phi) is 4.86. The van der Waals surface area contributed by atoms with Crippen LogP contribution in [0.15, 0.2) is 24.3 Å². The van der Waals surface area contributed by atoms with Gasteiger partial charge in [-0.1, -0.05) is 49.8 Å². The highest BCUT2D eigenvalue weighted by Gasteiger charge is 1.89. The Balaban J connectivity index is 2.47. The number of hydrogen-bond donors (Lipinski definition) is 0. The molecule has 0 heteroatoms. The lowest BCUT2D eigenvalue weighted by atomic mass is 10.1. The van der Waals surface area contributed by atoms with Gasteiger partial charge in [-0.2, -0.15) is 0 Å². The number of rotatable bonds is 3. The number of unbranched alkanes of at least 4 members (excludes halogenated alkanes) is 3. The molecule has 0 aromatic heterocycles. The molecule has 74 valence electrons. The van der Waals surface area contributed by atoms with E-state index in [0.717, 1.165) is 6.42 Å². The third-order valence-electron chi connectivity index (χ3n) is 2.27. The number of aryl methyl sites for hydroxylation is 1. The standard InChI is InChI=1S/C14H18/c1-3-4-5-6-7-11-14-12-9-8-10-13(14)2/h8-10,12H,3-6H2,1-2H3. The first-order valence-corrected chi connectivity index (χ1v) is 5.39. The first kappa shape index (κ1) is 10.9. The van der Waals surface area contributed by atoms with Crippen LogP contribution in [-0.4, -0.2) is 0 Å². The smallest absolute Gasteiger partial charge is 0.0274 e. The van der Waals surface area contributed by atoms with Gasteiger partial charge in [-0.15, -0.1) is 0 Å². The second kappa shape index (κ2) is 6.27. The van der Waals surface area contributed by atoms with Gasteiger partial charge >= 0.3 is 0 Å². The summed E-state index contributed by atoms with van der Waals surface area (Å²) in [6.45, 7) is 4.32. The molecule has 0 aliphatic rings. The van der Waals surface area contributed by atoms with Crippen molar-refractivity contribution in [1.29, 1.82) is 0 Å². The summed E-state index contributed by atoms with van der Waals surface area (Å²) >= 11 is 0. The van der Waals surface area contributed by atoms with Crippen LogP contribution >= 0.6 is 0 Å². The van der Waals surface area contributed by atoms with Crippen molar-refractivity contribution in [2.75, 3.05) is 0 Å². The van der Waals surface area contributed by atoms with Gasteiger partial charge in [0, 0.05) is 12.0 Å². The highest BCUT2D eigenvalue weighted by Crippen LogP contribution is 2.05. The van der Waals surface area contributed by atoms with Gasteiger partial charge in [0.05, 0.1) is 0 Å². The maximum absolute atomic E-state index is 3.23. The summed E-state index contributed by atoms with van der Waals surface area (Å²) in [5, 5.41) is 0. The summed E-state index contributed by atoms with van der Waals surface area (Å²) < 4.78 is 0. The van der Waals surface area contributed by atoms with Gasteiger partial charge in [-0.25, -0.2) is 0 Å². The molecule has 0 amide bonds. The van der Waals surface area contributed by atoms with E-state index in [4.69, 9.17) is 0 Å². The molecule has 0 heterocycles. The van der Waals surface area contributed by atoms with E-state index in [-0.39, 0.29) is 0 Å². The van der Waals surface area contributed by atoms with E-state index >= 15 is 0 Å². The van der Waals surface area contributed by atoms with Crippen LogP contribution in [0.2, 0.25) is 0 Å². The van der Waals surface area contributed by atoms with E-state index in [0.29, 0.717) is 0 Å². The van der Waals surface area contributed by atoms with Crippen molar-refractivity contribution in [3.8, 4) is 11.8 Å². The summed E-state index contributed by atoms with van der Waals surface area (Å²) in [6.07, 6.45) is 4.83. The van der Waals surface area contributed by atoms with Crippen LogP contribution in [0.1, 0.15) is 43.7 Å². The van der Waals surface area contributed by atoms with Crippen LogP contribution in [0.4, 0.5) is 0 Å². The van der Waals surface area contributed by atoms with Gasteiger partial charge in [-0.05, 0) is 25.0 Å². The fraction of sp³-hybridized carbons (Fsp3) is 0.429. The van der Waals surface area contributed by atoms with Crippen LogP contribution in [0.3, 0.4) is 0 Å². The maximum Gasteiger partial charge on any atom is 0.0274 e. The number of benzene rings is 1. The molecule has 1 aromatic carbocycles. The molecule has 0 aliphatic carbocycles. The first-order valence-electron chi connectivity index (χ1n) is 5.39. The van der Waals surface area contributed by atoms with Crippen LogP contribution in [0.5, 0.6) is 0 Å². The van der Waals surface area contributed by atoms with E-state index < -0.39 is 0 Å². The van der Waals surface area contributed by atoms with E-state index in [1.54, 1.807) is 0 Å². The van der Waals surface area contributed by atoms with E-state index in [9.17, 15) is 0 Å². The lowest BCUT2D eigenvalue weighted by Gasteiger charge is -1.94. The molecule has 0 aliphatic heterocycles. The van der Waals surface area contributed by atoms with Crippen molar-refractivity contribution in [1.82, 2.24) is 0 Å². The number of hydrogen-bond acceptors (Lipinski definition) is 0. The summed E-state index contributed by atoms with van der Waals surface area (Å²) in [6, 6.07) is 8.29. The van der Waals surface area contributed by atoms with E-state index in [1.165, 1.54) is 30.4 Å². The first-order chi connectivity index (χ1) is 6.84. The molecule has 1 aromatic rings. The van der Waals surface area contributed by atoms with E-state index in [2.05, 4.69) is 43.9 Å². The van der Waals surface area contributed by atoms with Crippen molar-refractivity contribution < 1.29 is 0 Å². The van der Waals surface area contributed by atoms with Crippen molar-refractivity contribution in [2.45, 2.75) is 39.5 Å². The molecule has 0 nitrogen and oxygen atoms in total. The zero-order valence-corrected chi connectivity index (χ0v) is 9.14. The normalized spacial score (nSPS) is 9.29. The molecule has 0 saturated heterocycles. The predicted octanol–water partition coefficient (Wildman–Crippen LogP) is 3.93. The van der Waals surface area contributed by atoms with Gasteiger partial charge < -0.3 is 0 Å².